The minimum atomic E-state index is 0.685. The van der Waals surface area contributed by atoms with Crippen LogP contribution in [0.2, 0.25) is 5.02 Å². The van der Waals surface area contributed by atoms with Gasteiger partial charge in [0, 0.05) is 30.3 Å². The van der Waals surface area contributed by atoms with Crippen LogP contribution in [0.15, 0.2) is 78.9 Å². The van der Waals surface area contributed by atoms with E-state index in [4.69, 9.17) is 17.3 Å². The smallest absolute Gasteiger partial charge is 0.0429 e. The molecular formula is C21H21ClN2. The largest absolute Gasteiger partial charge is 0.399 e. The van der Waals surface area contributed by atoms with E-state index in [1.165, 1.54) is 11.1 Å². The Labute approximate surface area is 148 Å². The molecule has 0 aromatic heterocycles. The number of rotatable bonds is 6. The average Bonchev–Trinajstić information content (AvgIpc) is 2.55. The molecule has 0 atom stereocenters. The van der Waals surface area contributed by atoms with Crippen LogP contribution in [0.4, 0.5) is 5.69 Å². The van der Waals surface area contributed by atoms with E-state index in [9.17, 15) is 0 Å². The molecule has 0 unspecified atom stereocenters. The lowest BCUT2D eigenvalue weighted by Crippen LogP contribution is -2.22. The van der Waals surface area contributed by atoms with Crippen molar-refractivity contribution in [1.29, 1.82) is 0 Å². The molecule has 122 valence electrons. The van der Waals surface area contributed by atoms with Crippen LogP contribution in [0.1, 0.15) is 16.7 Å². The number of nitrogens with two attached hydrogens (primary N) is 1. The maximum absolute atomic E-state index is 6.16. The van der Waals surface area contributed by atoms with E-state index in [0.717, 1.165) is 25.2 Å². The van der Waals surface area contributed by atoms with E-state index in [1.54, 1.807) is 6.07 Å². The number of anilines is 1. The molecule has 3 aromatic rings. The van der Waals surface area contributed by atoms with Crippen molar-refractivity contribution in [3.8, 4) is 0 Å². The first-order chi connectivity index (χ1) is 11.7. The van der Waals surface area contributed by atoms with Crippen molar-refractivity contribution >= 4 is 17.3 Å². The summed E-state index contributed by atoms with van der Waals surface area (Å²) in [5.41, 5.74) is 10.4. The molecular weight excluding hydrogens is 316 g/mol. The minimum absolute atomic E-state index is 0.685. The minimum Gasteiger partial charge on any atom is -0.399 e. The SMILES string of the molecule is Nc1cc(Cl)cc(CN(Cc2ccccc2)Cc2ccccc2)c1. The summed E-state index contributed by atoms with van der Waals surface area (Å²) < 4.78 is 0. The molecule has 0 fully saturated rings. The van der Waals surface area contributed by atoms with Gasteiger partial charge in [-0.05, 0) is 34.9 Å². The van der Waals surface area contributed by atoms with Crippen molar-refractivity contribution in [2.45, 2.75) is 19.6 Å². The van der Waals surface area contributed by atoms with Crippen LogP contribution in [0, 0.1) is 0 Å². The number of hydrogen-bond donors (Lipinski definition) is 1. The van der Waals surface area contributed by atoms with Gasteiger partial charge in [-0.2, -0.15) is 0 Å². The molecule has 0 heterocycles. The fraction of sp³-hybridized carbons (Fsp3) is 0.143. The Morgan fingerprint density at radius 2 is 1.17 bits per heavy atom. The van der Waals surface area contributed by atoms with Crippen molar-refractivity contribution < 1.29 is 0 Å². The second-order valence-electron chi connectivity index (χ2n) is 6.01. The first-order valence-corrected chi connectivity index (χ1v) is 8.42. The van der Waals surface area contributed by atoms with Gasteiger partial charge in [0.1, 0.15) is 0 Å². The van der Waals surface area contributed by atoms with E-state index in [2.05, 4.69) is 53.4 Å². The lowest BCUT2D eigenvalue weighted by Gasteiger charge is -2.23. The Balaban J connectivity index is 1.80. The van der Waals surface area contributed by atoms with Crippen LogP contribution in [-0.4, -0.2) is 4.90 Å². The number of benzene rings is 3. The highest BCUT2D eigenvalue weighted by Crippen LogP contribution is 2.20. The molecule has 0 bridgehead atoms. The molecule has 0 aliphatic carbocycles. The first kappa shape index (κ1) is 16.6. The Bertz CT molecular complexity index is 711. The van der Waals surface area contributed by atoms with E-state index >= 15 is 0 Å². The molecule has 0 saturated carbocycles. The molecule has 2 N–H and O–H groups in total. The lowest BCUT2D eigenvalue weighted by atomic mass is 10.1. The summed E-state index contributed by atoms with van der Waals surface area (Å²) in [6.45, 7) is 2.55. The Morgan fingerprint density at radius 1 is 0.667 bits per heavy atom. The molecule has 3 rings (SSSR count). The molecule has 0 aliphatic heterocycles. The molecule has 3 aromatic carbocycles. The molecule has 0 saturated heterocycles. The lowest BCUT2D eigenvalue weighted by molar-refractivity contribution is 0.248. The second kappa shape index (κ2) is 8.00. The van der Waals surface area contributed by atoms with Gasteiger partial charge in [0.2, 0.25) is 0 Å². The van der Waals surface area contributed by atoms with Gasteiger partial charge in [-0.3, -0.25) is 4.90 Å². The quantitative estimate of drug-likeness (QED) is 0.633. The van der Waals surface area contributed by atoms with Gasteiger partial charge in [-0.15, -0.1) is 0 Å². The van der Waals surface area contributed by atoms with Crippen LogP contribution >= 0.6 is 11.6 Å². The van der Waals surface area contributed by atoms with Gasteiger partial charge in [0.05, 0.1) is 0 Å². The van der Waals surface area contributed by atoms with Gasteiger partial charge < -0.3 is 5.73 Å². The maximum atomic E-state index is 6.16. The molecule has 2 nitrogen and oxygen atoms in total. The van der Waals surface area contributed by atoms with Crippen LogP contribution in [0.5, 0.6) is 0 Å². The van der Waals surface area contributed by atoms with Crippen LogP contribution in [-0.2, 0) is 19.6 Å². The summed E-state index contributed by atoms with van der Waals surface area (Å²) in [6.07, 6.45) is 0. The zero-order valence-electron chi connectivity index (χ0n) is 13.5. The van der Waals surface area contributed by atoms with Gasteiger partial charge in [-0.25, -0.2) is 0 Å². The fourth-order valence-corrected chi connectivity index (χ4v) is 3.14. The van der Waals surface area contributed by atoms with Gasteiger partial charge in [0.25, 0.3) is 0 Å². The summed E-state index contributed by atoms with van der Waals surface area (Å²) in [7, 11) is 0. The monoisotopic (exact) mass is 336 g/mol. The third kappa shape index (κ3) is 4.85. The van der Waals surface area contributed by atoms with Crippen molar-refractivity contribution in [2.24, 2.45) is 0 Å². The summed E-state index contributed by atoms with van der Waals surface area (Å²) in [4.78, 5) is 2.40. The normalized spacial score (nSPS) is 10.9. The fourth-order valence-electron chi connectivity index (χ4n) is 2.88. The topological polar surface area (TPSA) is 29.3 Å². The van der Waals surface area contributed by atoms with Crippen molar-refractivity contribution in [2.75, 3.05) is 5.73 Å². The van der Waals surface area contributed by atoms with E-state index in [0.29, 0.717) is 10.7 Å². The van der Waals surface area contributed by atoms with E-state index < -0.39 is 0 Å². The third-order valence-electron chi connectivity index (χ3n) is 3.88. The van der Waals surface area contributed by atoms with Crippen LogP contribution < -0.4 is 5.73 Å². The summed E-state index contributed by atoms with van der Waals surface area (Å²) in [5, 5.41) is 0.685. The van der Waals surface area contributed by atoms with Crippen LogP contribution in [0.3, 0.4) is 0 Å². The highest BCUT2D eigenvalue weighted by Gasteiger charge is 2.09. The Morgan fingerprint density at radius 3 is 1.67 bits per heavy atom. The Kier molecular flexibility index (Phi) is 5.52. The number of nitrogens with zero attached hydrogens (tertiary/aromatic N) is 1. The first-order valence-electron chi connectivity index (χ1n) is 8.04. The zero-order chi connectivity index (χ0) is 16.8. The third-order valence-corrected chi connectivity index (χ3v) is 4.10. The number of halogens is 1. The molecule has 24 heavy (non-hydrogen) atoms. The predicted octanol–water partition coefficient (Wildman–Crippen LogP) is 5.12. The predicted molar refractivity (Wildman–Crippen MR) is 102 cm³/mol. The average molecular weight is 337 g/mol. The van der Waals surface area contributed by atoms with Crippen molar-refractivity contribution in [3.63, 3.8) is 0 Å². The number of nitrogen functional groups attached to an aromatic ring is 1. The molecule has 3 heteroatoms. The van der Waals surface area contributed by atoms with Crippen molar-refractivity contribution in [1.82, 2.24) is 4.90 Å². The van der Waals surface area contributed by atoms with Gasteiger partial charge >= 0.3 is 0 Å². The van der Waals surface area contributed by atoms with Gasteiger partial charge in [-0.1, -0.05) is 72.3 Å². The van der Waals surface area contributed by atoms with E-state index in [-0.39, 0.29) is 0 Å². The van der Waals surface area contributed by atoms with Crippen molar-refractivity contribution in [3.05, 3.63) is 101 Å². The van der Waals surface area contributed by atoms with Crippen LogP contribution in [0.25, 0.3) is 0 Å². The van der Waals surface area contributed by atoms with Gasteiger partial charge in [0.15, 0.2) is 0 Å². The van der Waals surface area contributed by atoms with E-state index in [1.807, 2.05) is 24.3 Å². The summed E-state index contributed by atoms with van der Waals surface area (Å²) >= 11 is 6.16. The summed E-state index contributed by atoms with van der Waals surface area (Å²) in [6, 6.07) is 26.8. The standard InChI is InChI=1S/C21H21ClN2/c22-20-11-19(12-21(23)13-20)16-24(14-17-7-3-1-4-8-17)15-18-9-5-2-6-10-18/h1-13H,14-16,23H2. The zero-order valence-corrected chi connectivity index (χ0v) is 14.3. The summed E-state index contributed by atoms with van der Waals surface area (Å²) in [5.74, 6) is 0. The highest BCUT2D eigenvalue weighted by atomic mass is 35.5. The molecule has 0 spiro atoms. The maximum Gasteiger partial charge on any atom is 0.0429 e. The number of hydrogen-bond acceptors (Lipinski definition) is 2. The molecule has 0 amide bonds. The Hall–Kier alpha value is -2.29. The second-order valence-corrected chi connectivity index (χ2v) is 6.45. The molecule has 0 aliphatic rings. The molecule has 0 radical (unpaired) electrons. The highest BCUT2D eigenvalue weighted by molar-refractivity contribution is 6.30.